The standard InChI is InChI=1S/C18H14ClN3O3S/c1-11-5-6-12(19)8-14(11)21-16(23)10-22-17(24)15(26-18(22)25)9-13-4-2-3-7-20-13/h2-9H,10H2,1H3,(H,21,23)/b15-9-. The first-order valence-corrected chi connectivity index (χ1v) is 8.86. The van der Waals surface area contributed by atoms with E-state index in [-0.39, 0.29) is 11.4 Å². The average molecular weight is 388 g/mol. The molecule has 2 heterocycles. The fraction of sp³-hybridized carbons (Fsp3) is 0.111. The normalized spacial score (nSPS) is 15.6. The van der Waals surface area contributed by atoms with Crippen molar-refractivity contribution >= 4 is 52.2 Å². The molecule has 26 heavy (non-hydrogen) atoms. The van der Waals surface area contributed by atoms with Crippen LogP contribution in [0.5, 0.6) is 0 Å². The third kappa shape index (κ3) is 4.12. The van der Waals surface area contributed by atoms with Gasteiger partial charge in [-0.05, 0) is 54.6 Å². The summed E-state index contributed by atoms with van der Waals surface area (Å²) in [6.45, 7) is 1.46. The minimum atomic E-state index is -0.511. The summed E-state index contributed by atoms with van der Waals surface area (Å²) in [5, 5.41) is 2.66. The van der Waals surface area contributed by atoms with E-state index in [1.165, 1.54) is 6.08 Å². The molecule has 0 radical (unpaired) electrons. The van der Waals surface area contributed by atoms with E-state index in [9.17, 15) is 14.4 Å². The molecule has 1 N–H and O–H groups in total. The molecule has 132 valence electrons. The Morgan fingerprint density at radius 3 is 2.85 bits per heavy atom. The number of amides is 3. The van der Waals surface area contributed by atoms with Crippen LogP contribution >= 0.6 is 23.4 Å². The number of thioether (sulfide) groups is 1. The van der Waals surface area contributed by atoms with Crippen LogP contribution in [0.15, 0.2) is 47.5 Å². The summed E-state index contributed by atoms with van der Waals surface area (Å²) >= 11 is 6.71. The Morgan fingerprint density at radius 2 is 2.12 bits per heavy atom. The lowest BCUT2D eigenvalue weighted by Gasteiger charge is -2.13. The number of nitrogens with zero attached hydrogens (tertiary/aromatic N) is 2. The summed E-state index contributed by atoms with van der Waals surface area (Å²) in [5.74, 6) is -0.986. The number of halogens is 1. The van der Waals surface area contributed by atoms with Gasteiger partial charge in [-0.15, -0.1) is 0 Å². The Morgan fingerprint density at radius 1 is 1.31 bits per heavy atom. The van der Waals surface area contributed by atoms with E-state index in [0.717, 1.165) is 22.2 Å². The molecule has 1 aliphatic rings. The van der Waals surface area contributed by atoms with E-state index in [1.807, 2.05) is 6.92 Å². The molecular formula is C18H14ClN3O3S. The number of benzene rings is 1. The second kappa shape index (κ2) is 7.72. The molecule has 3 amide bonds. The van der Waals surface area contributed by atoms with Gasteiger partial charge in [-0.1, -0.05) is 23.7 Å². The number of pyridine rings is 1. The lowest BCUT2D eigenvalue weighted by Crippen LogP contribution is -2.36. The number of aryl methyl sites for hydroxylation is 1. The van der Waals surface area contributed by atoms with Crippen molar-refractivity contribution in [2.75, 3.05) is 11.9 Å². The first kappa shape index (κ1) is 18.2. The molecule has 0 spiro atoms. The first-order valence-electron chi connectivity index (χ1n) is 7.66. The minimum absolute atomic E-state index is 0.237. The van der Waals surface area contributed by atoms with Crippen LogP contribution in [-0.4, -0.2) is 33.5 Å². The zero-order chi connectivity index (χ0) is 18.7. The van der Waals surface area contributed by atoms with Crippen LogP contribution in [0.25, 0.3) is 6.08 Å². The fourth-order valence-corrected chi connectivity index (χ4v) is 3.29. The van der Waals surface area contributed by atoms with Gasteiger partial charge in [-0.25, -0.2) is 0 Å². The summed E-state index contributed by atoms with van der Waals surface area (Å²) in [6, 6.07) is 10.4. The van der Waals surface area contributed by atoms with Crippen molar-refractivity contribution < 1.29 is 14.4 Å². The van der Waals surface area contributed by atoms with Crippen molar-refractivity contribution in [3.63, 3.8) is 0 Å². The van der Waals surface area contributed by atoms with Gasteiger partial charge in [0.25, 0.3) is 11.1 Å². The van der Waals surface area contributed by atoms with E-state index in [4.69, 9.17) is 11.6 Å². The van der Waals surface area contributed by atoms with E-state index in [2.05, 4.69) is 10.3 Å². The molecule has 1 saturated heterocycles. The maximum Gasteiger partial charge on any atom is 0.294 e. The zero-order valence-corrected chi connectivity index (χ0v) is 15.3. The highest BCUT2D eigenvalue weighted by molar-refractivity contribution is 8.18. The summed E-state index contributed by atoms with van der Waals surface area (Å²) in [4.78, 5) is 42.0. The molecule has 3 rings (SSSR count). The topological polar surface area (TPSA) is 79.4 Å². The Hall–Kier alpha value is -2.64. The van der Waals surface area contributed by atoms with E-state index >= 15 is 0 Å². The number of hydrogen-bond donors (Lipinski definition) is 1. The minimum Gasteiger partial charge on any atom is -0.324 e. The number of aromatic nitrogens is 1. The molecule has 0 bridgehead atoms. The monoisotopic (exact) mass is 387 g/mol. The first-order chi connectivity index (χ1) is 12.4. The van der Waals surface area contributed by atoms with Crippen LogP contribution in [0.3, 0.4) is 0 Å². The van der Waals surface area contributed by atoms with Crippen molar-refractivity contribution in [1.29, 1.82) is 0 Å². The van der Waals surface area contributed by atoms with Gasteiger partial charge < -0.3 is 5.32 Å². The van der Waals surface area contributed by atoms with Crippen LogP contribution in [0.4, 0.5) is 10.5 Å². The number of carbonyl (C=O) groups excluding carboxylic acids is 3. The molecule has 1 aromatic heterocycles. The Kier molecular flexibility index (Phi) is 5.39. The maximum absolute atomic E-state index is 12.4. The predicted molar refractivity (Wildman–Crippen MR) is 102 cm³/mol. The number of imide groups is 1. The highest BCUT2D eigenvalue weighted by Crippen LogP contribution is 2.31. The molecule has 1 aliphatic heterocycles. The third-order valence-electron chi connectivity index (χ3n) is 3.62. The average Bonchev–Trinajstić information content (AvgIpc) is 2.86. The van der Waals surface area contributed by atoms with Crippen LogP contribution in [0.1, 0.15) is 11.3 Å². The lowest BCUT2D eigenvalue weighted by atomic mass is 10.2. The largest absolute Gasteiger partial charge is 0.324 e. The SMILES string of the molecule is Cc1ccc(Cl)cc1NC(=O)CN1C(=O)S/C(=C\c2ccccn2)C1=O. The Labute approximate surface area is 159 Å². The summed E-state index contributed by atoms with van der Waals surface area (Å²) in [7, 11) is 0. The van der Waals surface area contributed by atoms with Gasteiger partial charge in [0.1, 0.15) is 6.54 Å². The van der Waals surface area contributed by atoms with Crippen molar-refractivity contribution in [3.05, 3.63) is 63.8 Å². The molecule has 0 saturated carbocycles. The maximum atomic E-state index is 12.4. The van der Waals surface area contributed by atoms with Gasteiger partial charge in [0.05, 0.1) is 10.6 Å². The van der Waals surface area contributed by atoms with E-state index in [1.54, 1.807) is 42.6 Å². The quantitative estimate of drug-likeness (QED) is 0.809. The zero-order valence-electron chi connectivity index (χ0n) is 13.7. The van der Waals surface area contributed by atoms with Crippen molar-refractivity contribution in [2.24, 2.45) is 0 Å². The fourth-order valence-electron chi connectivity index (χ4n) is 2.29. The summed E-state index contributed by atoms with van der Waals surface area (Å²) in [6.07, 6.45) is 3.13. The lowest BCUT2D eigenvalue weighted by molar-refractivity contribution is -0.127. The number of hydrogen-bond acceptors (Lipinski definition) is 5. The number of carbonyl (C=O) groups is 3. The molecule has 1 fully saturated rings. The molecule has 6 nitrogen and oxygen atoms in total. The van der Waals surface area contributed by atoms with Gasteiger partial charge in [-0.2, -0.15) is 0 Å². The van der Waals surface area contributed by atoms with E-state index in [0.29, 0.717) is 16.4 Å². The number of rotatable bonds is 4. The molecule has 8 heteroatoms. The molecule has 0 unspecified atom stereocenters. The smallest absolute Gasteiger partial charge is 0.294 e. The highest BCUT2D eigenvalue weighted by Gasteiger charge is 2.36. The molecule has 0 atom stereocenters. The summed E-state index contributed by atoms with van der Waals surface area (Å²) in [5.41, 5.74) is 1.93. The second-order valence-electron chi connectivity index (χ2n) is 5.53. The van der Waals surface area contributed by atoms with Crippen molar-refractivity contribution in [1.82, 2.24) is 9.88 Å². The summed E-state index contributed by atoms with van der Waals surface area (Å²) < 4.78 is 0. The Bertz CT molecular complexity index is 915. The van der Waals surface area contributed by atoms with Gasteiger partial charge in [-0.3, -0.25) is 24.3 Å². The molecule has 1 aromatic carbocycles. The molecule has 0 aliphatic carbocycles. The van der Waals surface area contributed by atoms with Gasteiger partial charge >= 0.3 is 0 Å². The highest BCUT2D eigenvalue weighted by atomic mass is 35.5. The number of anilines is 1. The predicted octanol–water partition coefficient (Wildman–Crippen LogP) is 3.72. The Balaban J connectivity index is 1.70. The van der Waals surface area contributed by atoms with Gasteiger partial charge in [0, 0.05) is 16.9 Å². The molecular weight excluding hydrogens is 374 g/mol. The second-order valence-corrected chi connectivity index (χ2v) is 6.96. The van der Waals surface area contributed by atoms with Crippen LogP contribution in [0, 0.1) is 6.92 Å². The van der Waals surface area contributed by atoms with Gasteiger partial charge in [0.2, 0.25) is 5.91 Å². The third-order valence-corrected chi connectivity index (χ3v) is 4.76. The molecule has 2 aromatic rings. The van der Waals surface area contributed by atoms with Crippen molar-refractivity contribution in [3.8, 4) is 0 Å². The van der Waals surface area contributed by atoms with Crippen LogP contribution in [-0.2, 0) is 9.59 Å². The van der Waals surface area contributed by atoms with Crippen LogP contribution in [0.2, 0.25) is 5.02 Å². The van der Waals surface area contributed by atoms with E-state index < -0.39 is 17.1 Å². The number of nitrogens with one attached hydrogen (secondary N) is 1. The van der Waals surface area contributed by atoms with Crippen LogP contribution < -0.4 is 5.32 Å². The van der Waals surface area contributed by atoms with Gasteiger partial charge in [0.15, 0.2) is 0 Å². The van der Waals surface area contributed by atoms with Crippen molar-refractivity contribution in [2.45, 2.75) is 6.92 Å².